The zero-order valence-corrected chi connectivity index (χ0v) is 12.4. The van der Waals surface area contributed by atoms with Crippen molar-refractivity contribution in [2.45, 2.75) is 19.9 Å². The van der Waals surface area contributed by atoms with Crippen LogP contribution < -0.4 is 0 Å². The van der Waals surface area contributed by atoms with Crippen molar-refractivity contribution in [3.05, 3.63) is 69.2 Å². The van der Waals surface area contributed by atoms with E-state index >= 15 is 0 Å². The third kappa shape index (κ3) is 3.59. The molecule has 98 valence electrons. The van der Waals surface area contributed by atoms with Crippen molar-refractivity contribution >= 4 is 29.4 Å². The third-order valence-corrected chi connectivity index (χ3v) is 3.60. The Morgan fingerprint density at radius 2 is 1.58 bits per heavy atom. The molecule has 0 spiro atoms. The molecule has 0 saturated heterocycles. The Labute approximate surface area is 123 Å². The van der Waals surface area contributed by atoms with Crippen LogP contribution in [0.3, 0.4) is 0 Å². The Kier molecular flexibility index (Phi) is 4.62. The van der Waals surface area contributed by atoms with Crippen LogP contribution in [-0.4, -0.2) is 6.21 Å². The average molecular weight is 292 g/mol. The van der Waals surface area contributed by atoms with E-state index in [1.165, 1.54) is 5.56 Å². The van der Waals surface area contributed by atoms with Gasteiger partial charge in [-0.3, -0.25) is 4.99 Å². The number of benzene rings is 2. The van der Waals surface area contributed by atoms with Gasteiger partial charge in [-0.1, -0.05) is 59.1 Å². The fourth-order valence-corrected chi connectivity index (χ4v) is 2.55. The molecule has 0 aliphatic heterocycles. The highest BCUT2D eigenvalue weighted by molar-refractivity contribution is 6.36. The fourth-order valence-electron chi connectivity index (χ4n) is 1.83. The molecule has 1 unspecified atom stereocenters. The van der Waals surface area contributed by atoms with E-state index in [4.69, 9.17) is 23.2 Å². The largest absolute Gasteiger partial charge is 0.285 e. The number of aliphatic imine (C=N–C) groups is 1. The summed E-state index contributed by atoms with van der Waals surface area (Å²) >= 11 is 12.3. The smallest absolute Gasteiger partial charge is 0.0750 e. The van der Waals surface area contributed by atoms with E-state index in [9.17, 15) is 0 Å². The summed E-state index contributed by atoms with van der Waals surface area (Å²) in [7, 11) is 0. The maximum Gasteiger partial charge on any atom is 0.0750 e. The second-order valence-corrected chi connectivity index (χ2v) is 5.31. The highest BCUT2D eigenvalue weighted by Gasteiger charge is 2.11. The lowest BCUT2D eigenvalue weighted by molar-refractivity contribution is 0.826. The lowest BCUT2D eigenvalue weighted by Gasteiger charge is -2.10. The van der Waals surface area contributed by atoms with E-state index < -0.39 is 0 Å². The number of halogens is 2. The van der Waals surface area contributed by atoms with Crippen LogP contribution in [0.25, 0.3) is 0 Å². The average Bonchev–Trinajstić information content (AvgIpc) is 2.38. The molecule has 0 amide bonds. The Morgan fingerprint density at radius 1 is 1.00 bits per heavy atom. The molecule has 2 aromatic rings. The molecule has 0 aliphatic rings. The normalized spacial score (nSPS) is 12.8. The molecular weight excluding hydrogens is 277 g/mol. The van der Waals surface area contributed by atoms with Crippen molar-refractivity contribution in [3.63, 3.8) is 0 Å². The SMILES string of the molecule is Cc1ccc(/C=N\C(C)c2c(Cl)cccc2Cl)cc1. The van der Waals surface area contributed by atoms with Crippen LogP contribution in [0, 0.1) is 6.92 Å². The lowest BCUT2D eigenvalue weighted by Crippen LogP contribution is -1.94. The van der Waals surface area contributed by atoms with E-state index in [2.05, 4.69) is 24.0 Å². The molecule has 0 N–H and O–H groups in total. The Hall–Kier alpha value is -1.31. The van der Waals surface area contributed by atoms with Gasteiger partial charge in [0.15, 0.2) is 0 Å². The monoisotopic (exact) mass is 291 g/mol. The van der Waals surface area contributed by atoms with Gasteiger partial charge >= 0.3 is 0 Å². The van der Waals surface area contributed by atoms with Crippen molar-refractivity contribution in [1.82, 2.24) is 0 Å². The zero-order chi connectivity index (χ0) is 13.8. The second-order valence-electron chi connectivity index (χ2n) is 4.50. The summed E-state index contributed by atoms with van der Waals surface area (Å²) in [6, 6.07) is 13.6. The van der Waals surface area contributed by atoms with Crippen molar-refractivity contribution in [3.8, 4) is 0 Å². The number of hydrogen-bond donors (Lipinski definition) is 0. The maximum atomic E-state index is 6.17. The van der Waals surface area contributed by atoms with Gasteiger partial charge in [0.25, 0.3) is 0 Å². The van der Waals surface area contributed by atoms with Crippen molar-refractivity contribution in [1.29, 1.82) is 0 Å². The van der Waals surface area contributed by atoms with Crippen LogP contribution in [0.4, 0.5) is 0 Å². The molecule has 0 saturated carbocycles. The first-order valence-corrected chi connectivity index (χ1v) is 6.87. The number of hydrogen-bond acceptors (Lipinski definition) is 1. The first-order chi connectivity index (χ1) is 9.08. The van der Waals surface area contributed by atoms with Crippen molar-refractivity contribution in [2.75, 3.05) is 0 Å². The van der Waals surface area contributed by atoms with Gasteiger partial charge in [0, 0.05) is 21.8 Å². The number of nitrogens with zero attached hydrogens (tertiary/aromatic N) is 1. The Morgan fingerprint density at radius 3 is 2.16 bits per heavy atom. The minimum atomic E-state index is -0.0671. The van der Waals surface area contributed by atoms with Crippen LogP contribution >= 0.6 is 23.2 Å². The topological polar surface area (TPSA) is 12.4 Å². The van der Waals surface area contributed by atoms with E-state index in [0.29, 0.717) is 10.0 Å². The van der Waals surface area contributed by atoms with E-state index in [-0.39, 0.29) is 6.04 Å². The number of rotatable bonds is 3. The lowest BCUT2D eigenvalue weighted by atomic mass is 10.1. The maximum absolute atomic E-state index is 6.17. The van der Waals surface area contributed by atoms with Crippen molar-refractivity contribution in [2.24, 2.45) is 4.99 Å². The van der Waals surface area contributed by atoms with Crippen LogP contribution in [0.5, 0.6) is 0 Å². The Balaban J connectivity index is 2.21. The predicted molar refractivity (Wildman–Crippen MR) is 83.7 cm³/mol. The van der Waals surface area contributed by atoms with E-state index in [0.717, 1.165) is 11.1 Å². The van der Waals surface area contributed by atoms with Crippen LogP contribution in [0.1, 0.15) is 29.7 Å². The highest BCUT2D eigenvalue weighted by Crippen LogP contribution is 2.31. The molecule has 1 nitrogen and oxygen atoms in total. The summed E-state index contributed by atoms with van der Waals surface area (Å²) in [5.41, 5.74) is 3.18. The van der Waals surface area contributed by atoms with Gasteiger partial charge in [-0.2, -0.15) is 0 Å². The van der Waals surface area contributed by atoms with Crippen LogP contribution in [-0.2, 0) is 0 Å². The third-order valence-electron chi connectivity index (χ3n) is 2.94. The van der Waals surface area contributed by atoms with Gasteiger partial charge in [-0.15, -0.1) is 0 Å². The van der Waals surface area contributed by atoms with Gasteiger partial charge in [0.1, 0.15) is 0 Å². The predicted octanol–water partition coefficient (Wildman–Crippen LogP) is 5.48. The zero-order valence-electron chi connectivity index (χ0n) is 10.9. The molecule has 1 atom stereocenters. The minimum Gasteiger partial charge on any atom is -0.285 e. The van der Waals surface area contributed by atoms with Gasteiger partial charge in [-0.25, -0.2) is 0 Å². The second kappa shape index (κ2) is 6.23. The number of aryl methyl sites for hydroxylation is 1. The van der Waals surface area contributed by atoms with Gasteiger partial charge in [0.2, 0.25) is 0 Å². The molecule has 0 radical (unpaired) electrons. The molecule has 0 heterocycles. The summed E-state index contributed by atoms with van der Waals surface area (Å²) in [5.74, 6) is 0. The summed E-state index contributed by atoms with van der Waals surface area (Å²) < 4.78 is 0. The molecule has 19 heavy (non-hydrogen) atoms. The molecule has 0 aliphatic carbocycles. The van der Waals surface area contributed by atoms with E-state index in [1.54, 1.807) is 0 Å². The molecule has 2 rings (SSSR count). The molecule has 0 aromatic heterocycles. The highest BCUT2D eigenvalue weighted by atomic mass is 35.5. The van der Waals surface area contributed by atoms with Crippen LogP contribution in [0.15, 0.2) is 47.5 Å². The summed E-state index contributed by atoms with van der Waals surface area (Å²) in [5, 5.41) is 1.31. The van der Waals surface area contributed by atoms with Gasteiger partial charge < -0.3 is 0 Å². The summed E-state index contributed by atoms with van der Waals surface area (Å²) in [4.78, 5) is 4.52. The molecule has 3 heteroatoms. The first-order valence-electron chi connectivity index (χ1n) is 6.11. The summed E-state index contributed by atoms with van der Waals surface area (Å²) in [6.07, 6.45) is 1.85. The standard InChI is InChI=1S/C16H15Cl2N/c1-11-6-8-13(9-7-11)10-19-12(2)16-14(17)4-3-5-15(16)18/h3-10,12H,1-2H3/b19-10-. The molecule has 2 aromatic carbocycles. The van der Waals surface area contributed by atoms with Gasteiger partial charge in [0.05, 0.1) is 6.04 Å². The minimum absolute atomic E-state index is 0.0671. The summed E-state index contributed by atoms with van der Waals surface area (Å²) in [6.45, 7) is 4.05. The molecular formula is C16H15Cl2N. The van der Waals surface area contributed by atoms with Crippen LogP contribution in [0.2, 0.25) is 10.0 Å². The Bertz CT molecular complexity index is 568. The van der Waals surface area contributed by atoms with Gasteiger partial charge in [-0.05, 0) is 31.5 Å². The fraction of sp³-hybridized carbons (Fsp3) is 0.188. The molecule has 0 bridgehead atoms. The quantitative estimate of drug-likeness (QED) is 0.664. The van der Waals surface area contributed by atoms with E-state index in [1.807, 2.05) is 43.5 Å². The van der Waals surface area contributed by atoms with Crippen molar-refractivity contribution < 1.29 is 0 Å². The first kappa shape index (κ1) is 14.1. The molecule has 0 fully saturated rings.